The summed E-state index contributed by atoms with van der Waals surface area (Å²) < 4.78 is 0. The summed E-state index contributed by atoms with van der Waals surface area (Å²) in [5.41, 5.74) is 0.921. The van der Waals surface area contributed by atoms with E-state index in [-0.39, 0.29) is 11.4 Å². The second-order valence-electron chi connectivity index (χ2n) is 5.43. The number of amides is 1. The number of thiazole rings is 1. The van der Waals surface area contributed by atoms with Crippen molar-refractivity contribution in [2.24, 2.45) is 4.99 Å². The normalized spacial score (nSPS) is 22.1. The Morgan fingerprint density at radius 3 is 3.00 bits per heavy atom. The van der Waals surface area contributed by atoms with E-state index in [1.165, 1.54) is 18.3 Å². The van der Waals surface area contributed by atoms with Crippen LogP contribution in [0.25, 0.3) is 0 Å². The van der Waals surface area contributed by atoms with Gasteiger partial charge in [0.25, 0.3) is 0 Å². The zero-order chi connectivity index (χ0) is 16.3. The van der Waals surface area contributed by atoms with Gasteiger partial charge in [-0.15, -0.1) is 0 Å². The number of anilines is 1. The van der Waals surface area contributed by atoms with E-state index in [2.05, 4.69) is 32.5 Å². The summed E-state index contributed by atoms with van der Waals surface area (Å²) >= 11 is 3.19. The fourth-order valence-corrected chi connectivity index (χ4v) is 4.29. The summed E-state index contributed by atoms with van der Waals surface area (Å²) in [6.45, 7) is 4.24. The number of thioether (sulfide) groups is 1. The van der Waals surface area contributed by atoms with Crippen LogP contribution in [0, 0.1) is 0 Å². The van der Waals surface area contributed by atoms with Crippen molar-refractivity contribution < 1.29 is 4.79 Å². The van der Waals surface area contributed by atoms with E-state index in [0.29, 0.717) is 11.7 Å². The van der Waals surface area contributed by atoms with Gasteiger partial charge in [-0.1, -0.05) is 23.1 Å². The molecule has 1 aliphatic rings. The van der Waals surface area contributed by atoms with Crippen molar-refractivity contribution in [2.45, 2.75) is 25.9 Å². The van der Waals surface area contributed by atoms with Crippen LogP contribution in [-0.4, -0.2) is 26.8 Å². The van der Waals surface area contributed by atoms with Gasteiger partial charge in [0, 0.05) is 31.3 Å². The molecule has 3 heterocycles. The predicted octanol–water partition coefficient (Wildman–Crippen LogP) is 2.60. The topological polar surface area (TPSA) is 79.3 Å². The van der Waals surface area contributed by atoms with Crippen molar-refractivity contribution in [1.82, 2.24) is 15.3 Å². The van der Waals surface area contributed by atoms with Crippen LogP contribution in [0.2, 0.25) is 0 Å². The second-order valence-corrected chi connectivity index (χ2v) is 7.43. The Morgan fingerprint density at radius 1 is 1.48 bits per heavy atom. The number of hydrogen-bond donors (Lipinski definition) is 2. The van der Waals surface area contributed by atoms with Gasteiger partial charge in [0.15, 0.2) is 10.3 Å². The van der Waals surface area contributed by atoms with Crippen molar-refractivity contribution >= 4 is 39.3 Å². The van der Waals surface area contributed by atoms with Gasteiger partial charge < -0.3 is 10.6 Å². The first kappa shape index (κ1) is 15.9. The number of rotatable bonds is 4. The second kappa shape index (κ2) is 6.67. The maximum absolute atomic E-state index is 11.1. The highest BCUT2D eigenvalue weighted by atomic mass is 32.2. The highest BCUT2D eigenvalue weighted by Crippen LogP contribution is 2.36. The van der Waals surface area contributed by atoms with Crippen molar-refractivity contribution in [1.29, 1.82) is 0 Å². The highest BCUT2D eigenvalue weighted by Gasteiger charge is 2.36. The first-order chi connectivity index (χ1) is 11.0. The van der Waals surface area contributed by atoms with Crippen LogP contribution in [-0.2, 0) is 16.9 Å². The van der Waals surface area contributed by atoms with Gasteiger partial charge in [-0.25, -0.2) is 4.98 Å². The minimum Gasteiger partial charge on any atom is -0.354 e. The van der Waals surface area contributed by atoms with E-state index < -0.39 is 0 Å². The zero-order valence-corrected chi connectivity index (χ0v) is 14.5. The van der Waals surface area contributed by atoms with Gasteiger partial charge in [-0.3, -0.25) is 14.8 Å². The molecule has 1 atom stereocenters. The van der Waals surface area contributed by atoms with Crippen LogP contribution in [0.15, 0.2) is 35.7 Å². The standard InChI is InChI=1S/C15H17N5OS2/c1-10(21)19-13-18-8-12(23-13)15(2)9-22-14(20-15)17-7-11-3-5-16-6-4-11/h3-6,8H,7,9H2,1-2H3,(H,17,20)(H,18,19,21). The van der Waals surface area contributed by atoms with E-state index in [4.69, 9.17) is 0 Å². The number of aliphatic imine (C=N–C) groups is 1. The van der Waals surface area contributed by atoms with Crippen molar-refractivity contribution in [3.63, 3.8) is 0 Å². The summed E-state index contributed by atoms with van der Waals surface area (Å²) in [4.78, 5) is 25.1. The lowest BCUT2D eigenvalue weighted by Crippen LogP contribution is -2.36. The van der Waals surface area contributed by atoms with Crippen LogP contribution in [0.3, 0.4) is 0 Å². The fourth-order valence-electron chi connectivity index (χ4n) is 2.13. The lowest BCUT2D eigenvalue weighted by molar-refractivity contribution is -0.114. The molecule has 6 nitrogen and oxygen atoms in total. The molecule has 1 unspecified atom stereocenters. The number of carbonyl (C=O) groups is 1. The molecule has 0 bridgehead atoms. The van der Waals surface area contributed by atoms with E-state index in [1.54, 1.807) is 24.2 Å². The molecule has 2 aromatic rings. The SMILES string of the molecule is CC(=O)Nc1ncc(C2(C)CSC(=NCc3ccncc3)N2)s1. The summed E-state index contributed by atoms with van der Waals surface area (Å²) in [7, 11) is 0. The maximum Gasteiger partial charge on any atom is 0.223 e. The van der Waals surface area contributed by atoms with Crippen LogP contribution in [0.4, 0.5) is 5.13 Å². The molecule has 8 heteroatoms. The molecular weight excluding hydrogens is 330 g/mol. The zero-order valence-electron chi connectivity index (χ0n) is 12.9. The van der Waals surface area contributed by atoms with Gasteiger partial charge in [0.1, 0.15) is 0 Å². The third-order valence-electron chi connectivity index (χ3n) is 3.37. The number of nitrogens with zero attached hydrogens (tertiary/aromatic N) is 3. The molecule has 1 saturated heterocycles. The van der Waals surface area contributed by atoms with Crippen molar-refractivity contribution in [2.75, 3.05) is 11.1 Å². The Hall–Kier alpha value is -1.93. The highest BCUT2D eigenvalue weighted by molar-refractivity contribution is 8.14. The molecule has 1 aliphatic heterocycles. The Balaban J connectivity index is 1.67. The lowest BCUT2D eigenvalue weighted by Gasteiger charge is -2.21. The average molecular weight is 347 g/mol. The third-order valence-corrected chi connectivity index (χ3v) is 5.77. The lowest BCUT2D eigenvalue weighted by atomic mass is 10.1. The predicted molar refractivity (Wildman–Crippen MR) is 94.7 cm³/mol. The third kappa shape index (κ3) is 3.89. The van der Waals surface area contributed by atoms with Gasteiger partial charge in [0.05, 0.1) is 17.0 Å². The van der Waals surface area contributed by atoms with Crippen LogP contribution in [0.5, 0.6) is 0 Å². The molecule has 1 fully saturated rings. The number of pyridine rings is 1. The molecule has 23 heavy (non-hydrogen) atoms. The van der Waals surface area contributed by atoms with Crippen LogP contribution in [0.1, 0.15) is 24.3 Å². The molecule has 0 aromatic carbocycles. The minimum absolute atomic E-state index is 0.107. The molecule has 0 aliphatic carbocycles. The average Bonchev–Trinajstić information content (AvgIpc) is 3.14. The first-order valence-electron chi connectivity index (χ1n) is 7.13. The molecule has 1 amide bonds. The van der Waals surface area contributed by atoms with Crippen LogP contribution < -0.4 is 10.6 Å². The fraction of sp³-hybridized carbons (Fsp3) is 0.333. The monoisotopic (exact) mass is 347 g/mol. The van der Waals surface area contributed by atoms with Crippen molar-refractivity contribution in [3.05, 3.63) is 41.2 Å². The molecule has 0 radical (unpaired) electrons. The van der Waals surface area contributed by atoms with E-state index in [1.807, 2.05) is 18.3 Å². The quantitative estimate of drug-likeness (QED) is 0.889. The molecule has 0 spiro atoms. The van der Waals surface area contributed by atoms with E-state index in [0.717, 1.165) is 21.4 Å². The number of aromatic nitrogens is 2. The summed E-state index contributed by atoms with van der Waals surface area (Å²) in [6.07, 6.45) is 5.36. The van der Waals surface area contributed by atoms with Crippen molar-refractivity contribution in [3.8, 4) is 0 Å². The van der Waals surface area contributed by atoms with Gasteiger partial charge in [0.2, 0.25) is 5.91 Å². The maximum atomic E-state index is 11.1. The summed E-state index contributed by atoms with van der Waals surface area (Å²) in [6, 6.07) is 3.93. The Labute approximate surface area is 142 Å². The number of carbonyl (C=O) groups excluding carboxylic acids is 1. The minimum atomic E-state index is -0.212. The van der Waals surface area contributed by atoms with Gasteiger partial charge in [-0.05, 0) is 24.6 Å². The largest absolute Gasteiger partial charge is 0.354 e. The van der Waals surface area contributed by atoms with Gasteiger partial charge >= 0.3 is 0 Å². The number of nitrogens with one attached hydrogen (secondary N) is 2. The number of amidine groups is 1. The molecule has 2 N–H and O–H groups in total. The number of hydrogen-bond acceptors (Lipinski definition) is 6. The molecular formula is C15H17N5OS2. The molecule has 2 aromatic heterocycles. The summed E-state index contributed by atoms with van der Waals surface area (Å²) in [5.74, 6) is 0.772. The Kier molecular flexibility index (Phi) is 4.63. The van der Waals surface area contributed by atoms with Gasteiger partial charge in [-0.2, -0.15) is 0 Å². The van der Waals surface area contributed by atoms with E-state index >= 15 is 0 Å². The molecule has 3 rings (SSSR count). The summed E-state index contributed by atoms with van der Waals surface area (Å²) in [5, 5.41) is 7.75. The Bertz CT molecular complexity index is 730. The van der Waals surface area contributed by atoms with E-state index in [9.17, 15) is 4.79 Å². The molecule has 120 valence electrons. The molecule has 0 saturated carbocycles. The van der Waals surface area contributed by atoms with Crippen LogP contribution >= 0.6 is 23.1 Å². The smallest absolute Gasteiger partial charge is 0.223 e. The first-order valence-corrected chi connectivity index (χ1v) is 8.94. The Morgan fingerprint density at radius 2 is 2.26 bits per heavy atom.